The van der Waals surface area contributed by atoms with Gasteiger partial charge in [-0.15, -0.1) is 0 Å². The van der Waals surface area contributed by atoms with E-state index in [-0.39, 0.29) is 17.7 Å². The topological polar surface area (TPSA) is 78.4 Å². The average molecular weight is 532 g/mol. The van der Waals surface area contributed by atoms with Gasteiger partial charge in [0.25, 0.3) is 5.91 Å². The zero-order valence-corrected chi connectivity index (χ0v) is 23.8. The Morgan fingerprint density at radius 2 is 1.69 bits per heavy atom. The molecule has 5 rings (SSSR count). The predicted molar refractivity (Wildman–Crippen MR) is 154 cm³/mol. The van der Waals surface area contributed by atoms with Gasteiger partial charge in [0.15, 0.2) is 0 Å². The van der Waals surface area contributed by atoms with Gasteiger partial charge in [-0.1, -0.05) is 43.2 Å². The minimum atomic E-state index is 0.0507. The molecule has 2 amide bonds. The van der Waals surface area contributed by atoms with Gasteiger partial charge in [0, 0.05) is 43.4 Å². The number of aromatic nitrogens is 2. The number of carbonyl (C=O) groups excluding carboxylic acids is 2. The van der Waals surface area contributed by atoms with Crippen LogP contribution in [0, 0.1) is 18.8 Å². The van der Waals surface area contributed by atoms with Gasteiger partial charge in [-0.05, 0) is 88.8 Å². The molecular formula is C32H45N5O2. The molecule has 2 saturated heterocycles. The highest BCUT2D eigenvalue weighted by Crippen LogP contribution is 2.38. The largest absolute Gasteiger partial charge is 0.359 e. The number of hydrogen-bond acceptors (Lipinski definition) is 5. The van der Waals surface area contributed by atoms with Gasteiger partial charge in [0.1, 0.15) is 12.0 Å². The van der Waals surface area contributed by atoms with E-state index in [0.717, 1.165) is 76.0 Å². The molecule has 7 heteroatoms. The molecule has 2 aliphatic heterocycles. The SMILES string of the molecule is CNC(=O)C1CCN(C2CCN(C(=O)c3ncnc(CCC4CCCC(c5ccccc5)C4)c3C)CC2)CC1. The second kappa shape index (κ2) is 13.0. The number of nitrogens with one attached hydrogen (secondary N) is 1. The normalized spacial score (nSPS) is 23.5. The van der Waals surface area contributed by atoms with E-state index in [2.05, 4.69) is 50.5 Å². The van der Waals surface area contributed by atoms with Gasteiger partial charge in [-0.3, -0.25) is 9.59 Å². The van der Waals surface area contributed by atoms with E-state index in [9.17, 15) is 9.59 Å². The van der Waals surface area contributed by atoms with Crippen LogP contribution in [0.15, 0.2) is 36.7 Å². The van der Waals surface area contributed by atoms with Gasteiger partial charge >= 0.3 is 0 Å². The number of carbonyl (C=O) groups is 2. The van der Waals surface area contributed by atoms with Crippen molar-refractivity contribution in [2.24, 2.45) is 11.8 Å². The van der Waals surface area contributed by atoms with Crippen LogP contribution in [0.25, 0.3) is 0 Å². The lowest BCUT2D eigenvalue weighted by atomic mass is 9.76. The second-order valence-corrected chi connectivity index (χ2v) is 11.9. The first-order chi connectivity index (χ1) is 19.0. The Kier molecular flexibility index (Phi) is 9.28. The van der Waals surface area contributed by atoms with E-state index in [1.54, 1.807) is 13.4 Å². The molecular weight excluding hydrogens is 486 g/mol. The van der Waals surface area contributed by atoms with Gasteiger partial charge in [0.2, 0.25) is 5.91 Å². The highest BCUT2D eigenvalue weighted by Gasteiger charge is 2.32. The molecule has 210 valence electrons. The van der Waals surface area contributed by atoms with Gasteiger partial charge in [-0.25, -0.2) is 9.97 Å². The molecule has 3 aliphatic rings. The smallest absolute Gasteiger partial charge is 0.272 e. The number of nitrogens with zero attached hydrogens (tertiary/aromatic N) is 4. The Morgan fingerprint density at radius 1 is 0.949 bits per heavy atom. The fraction of sp³-hybridized carbons (Fsp3) is 0.625. The summed E-state index contributed by atoms with van der Waals surface area (Å²) in [5.41, 5.74) is 4.04. The maximum absolute atomic E-state index is 13.5. The quantitative estimate of drug-likeness (QED) is 0.558. The van der Waals surface area contributed by atoms with Crippen LogP contribution in [-0.2, 0) is 11.2 Å². The van der Waals surface area contributed by atoms with Crippen LogP contribution in [0.2, 0.25) is 0 Å². The predicted octanol–water partition coefficient (Wildman–Crippen LogP) is 4.75. The molecule has 2 aromatic rings. The van der Waals surface area contributed by atoms with Crippen LogP contribution in [0.5, 0.6) is 0 Å². The van der Waals surface area contributed by atoms with E-state index >= 15 is 0 Å². The summed E-state index contributed by atoms with van der Waals surface area (Å²) in [6, 6.07) is 11.5. The molecule has 1 aromatic heterocycles. The Labute approximate surface area is 233 Å². The molecule has 3 fully saturated rings. The van der Waals surface area contributed by atoms with E-state index in [0.29, 0.717) is 23.6 Å². The van der Waals surface area contributed by atoms with Crippen LogP contribution in [-0.4, -0.2) is 70.9 Å². The van der Waals surface area contributed by atoms with Crippen LogP contribution >= 0.6 is 0 Å². The fourth-order valence-corrected chi connectivity index (χ4v) is 7.19. The lowest BCUT2D eigenvalue weighted by molar-refractivity contribution is -0.126. The maximum atomic E-state index is 13.5. The molecule has 0 radical (unpaired) electrons. The molecule has 0 bridgehead atoms. The number of benzene rings is 1. The molecule has 1 aromatic carbocycles. The summed E-state index contributed by atoms with van der Waals surface area (Å²) in [4.78, 5) is 39.0. The van der Waals surface area contributed by atoms with E-state index < -0.39 is 0 Å². The van der Waals surface area contributed by atoms with Crippen molar-refractivity contribution in [1.82, 2.24) is 25.1 Å². The molecule has 3 heterocycles. The van der Waals surface area contributed by atoms with Gasteiger partial charge in [0.05, 0.1) is 0 Å². The van der Waals surface area contributed by atoms with E-state index in [1.807, 2.05) is 11.8 Å². The summed E-state index contributed by atoms with van der Waals surface area (Å²) in [5, 5.41) is 2.79. The van der Waals surface area contributed by atoms with Crippen molar-refractivity contribution in [2.75, 3.05) is 33.2 Å². The highest BCUT2D eigenvalue weighted by atomic mass is 16.2. The highest BCUT2D eigenvalue weighted by molar-refractivity contribution is 5.93. The zero-order valence-electron chi connectivity index (χ0n) is 23.8. The van der Waals surface area contributed by atoms with Crippen LogP contribution in [0.4, 0.5) is 0 Å². The molecule has 1 aliphatic carbocycles. The minimum Gasteiger partial charge on any atom is -0.359 e. The lowest BCUT2D eigenvalue weighted by Gasteiger charge is -2.41. The van der Waals surface area contributed by atoms with Crippen LogP contribution in [0.3, 0.4) is 0 Å². The summed E-state index contributed by atoms with van der Waals surface area (Å²) in [7, 11) is 1.72. The Morgan fingerprint density at radius 3 is 2.41 bits per heavy atom. The number of amides is 2. The standard InChI is InChI=1S/C32H45N5O2/c1-23-29(12-11-24-7-6-10-27(21-24)25-8-4-3-5-9-25)34-22-35-30(23)32(39)37-19-15-28(16-20-37)36-17-13-26(14-18-36)31(38)33-2/h3-5,8-9,22,24,26-28H,6-7,10-21H2,1-2H3,(H,33,38). The zero-order chi connectivity index (χ0) is 27.2. The van der Waals surface area contributed by atoms with E-state index in [4.69, 9.17) is 0 Å². The van der Waals surface area contributed by atoms with Crippen molar-refractivity contribution in [2.45, 2.75) is 83.1 Å². The summed E-state index contributed by atoms with van der Waals surface area (Å²) >= 11 is 0. The first kappa shape index (κ1) is 27.8. The summed E-state index contributed by atoms with van der Waals surface area (Å²) in [5.74, 6) is 1.74. The number of piperidine rings is 2. The number of hydrogen-bond donors (Lipinski definition) is 1. The van der Waals surface area contributed by atoms with Crippen LogP contribution < -0.4 is 5.32 Å². The first-order valence-electron chi connectivity index (χ1n) is 15.1. The molecule has 2 atom stereocenters. The Hall–Kier alpha value is -2.80. The van der Waals surface area contributed by atoms with Crippen LogP contribution in [0.1, 0.15) is 91.0 Å². The number of rotatable bonds is 7. The van der Waals surface area contributed by atoms with Gasteiger partial charge in [-0.2, -0.15) is 0 Å². The number of aryl methyl sites for hydroxylation is 1. The molecule has 1 N–H and O–H groups in total. The number of likely N-dealkylation sites (tertiary alicyclic amines) is 2. The summed E-state index contributed by atoms with van der Waals surface area (Å²) in [6.45, 7) is 5.50. The molecule has 0 spiro atoms. The van der Waals surface area contributed by atoms with Crippen molar-refractivity contribution < 1.29 is 9.59 Å². The maximum Gasteiger partial charge on any atom is 0.272 e. The molecule has 39 heavy (non-hydrogen) atoms. The minimum absolute atomic E-state index is 0.0507. The average Bonchev–Trinajstić information content (AvgIpc) is 3.00. The second-order valence-electron chi connectivity index (χ2n) is 11.9. The third-order valence-corrected chi connectivity index (χ3v) is 9.65. The third kappa shape index (κ3) is 6.68. The molecule has 7 nitrogen and oxygen atoms in total. The third-order valence-electron chi connectivity index (χ3n) is 9.65. The Balaban J connectivity index is 1.12. The van der Waals surface area contributed by atoms with Crippen molar-refractivity contribution in [3.8, 4) is 0 Å². The molecule has 2 unspecified atom stereocenters. The Bertz CT molecular complexity index is 1110. The molecule has 1 saturated carbocycles. The van der Waals surface area contributed by atoms with Gasteiger partial charge < -0.3 is 15.1 Å². The first-order valence-corrected chi connectivity index (χ1v) is 15.1. The van der Waals surface area contributed by atoms with Crippen molar-refractivity contribution in [3.05, 3.63) is 59.2 Å². The lowest BCUT2D eigenvalue weighted by Crippen LogP contribution is -2.50. The van der Waals surface area contributed by atoms with Crippen molar-refractivity contribution >= 4 is 11.8 Å². The summed E-state index contributed by atoms with van der Waals surface area (Å²) in [6.07, 6.45) is 12.6. The summed E-state index contributed by atoms with van der Waals surface area (Å²) < 4.78 is 0. The van der Waals surface area contributed by atoms with E-state index in [1.165, 1.54) is 31.2 Å². The van der Waals surface area contributed by atoms with Crippen molar-refractivity contribution in [1.29, 1.82) is 0 Å². The monoisotopic (exact) mass is 531 g/mol. The van der Waals surface area contributed by atoms with Crippen molar-refractivity contribution in [3.63, 3.8) is 0 Å². The fourth-order valence-electron chi connectivity index (χ4n) is 7.19.